The maximum atomic E-state index is 13.8. The second-order valence-corrected chi connectivity index (χ2v) is 6.27. The largest absolute Gasteiger partial charge is 0.497 e. The normalized spacial score (nSPS) is 10.4. The highest BCUT2D eigenvalue weighted by molar-refractivity contribution is 8.00. The Balaban J connectivity index is 1.72. The monoisotopic (exact) mass is 368 g/mol. The van der Waals surface area contributed by atoms with E-state index < -0.39 is 0 Å². The lowest BCUT2D eigenvalue weighted by molar-refractivity contribution is 0.411. The van der Waals surface area contributed by atoms with Gasteiger partial charge in [-0.25, -0.2) is 4.39 Å². The van der Waals surface area contributed by atoms with Gasteiger partial charge in [-0.05, 0) is 48.3 Å². The van der Waals surface area contributed by atoms with Gasteiger partial charge in [0.05, 0.1) is 29.6 Å². The number of hydrogen-bond donors (Lipinski definition) is 3. The Morgan fingerprint density at radius 2 is 2.04 bits per heavy atom. The van der Waals surface area contributed by atoms with Gasteiger partial charge >= 0.3 is 0 Å². The Morgan fingerprint density at radius 1 is 1.19 bits per heavy atom. The minimum Gasteiger partial charge on any atom is -0.497 e. The van der Waals surface area contributed by atoms with E-state index in [9.17, 15) is 4.39 Å². The van der Waals surface area contributed by atoms with Gasteiger partial charge in [0.15, 0.2) is 0 Å². The molecule has 0 aliphatic carbocycles. The molecule has 0 aliphatic heterocycles. The number of benzene rings is 2. The number of aromatic nitrogens is 1. The fourth-order valence-electron chi connectivity index (χ4n) is 2.29. The number of nitrogens with two attached hydrogens (primary N) is 1. The summed E-state index contributed by atoms with van der Waals surface area (Å²) in [7, 11) is 1.54. The first-order valence-corrected chi connectivity index (χ1v) is 8.55. The van der Waals surface area contributed by atoms with Crippen molar-refractivity contribution in [3.8, 4) is 17.0 Å². The molecule has 0 unspecified atom stereocenters. The van der Waals surface area contributed by atoms with Gasteiger partial charge in [0.2, 0.25) is 0 Å². The van der Waals surface area contributed by atoms with E-state index in [1.54, 1.807) is 37.6 Å². The van der Waals surface area contributed by atoms with Crippen LogP contribution in [0.3, 0.4) is 0 Å². The molecule has 3 rings (SSSR count). The van der Waals surface area contributed by atoms with Crippen LogP contribution in [-0.4, -0.2) is 18.3 Å². The first-order chi connectivity index (χ1) is 12.6. The maximum Gasteiger partial charge on any atom is 0.138 e. The number of anilines is 2. The number of methoxy groups -OCH3 is 1. The van der Waals surface area contributed by atoms with Gasteiger partial charge in [0.25, 0.3) is 0 Å². The third kappa shape index (κ3) is 3.94. The first kappa shape index (κ1) is 17.8. The van der Waals surface area contributed by atoms with Gasteiger partial charge in [0, 0.05) is 23.0 Å². The quantitative estimate of drug-likeness (QED) is 0.336. The van der Waals surface area contributed by atoms with Crippen molar-refractivity contribution in [2.24, 2.45) is 0 Å². The van der Waals surface area contributed by atoms with Crippen LogP contribution < -0.4 is 15.2 Å². The molecule has 3 aromatic rings. The van der Waals surface area contributed by atoms with Gasteiger partial charge in [-0.3, -0.25) is 4.98 Å². The fourth-order valence-corrected chi connectivity index (χ4v) is 2.98. The van der Waals surface area contributed by atoms with Crippen molar-refractivity contribution >= 4 is 29.5 Å². The molecule has 4 N–H and O–H groups in total. The van der Waals surface area contributed by atoms with Gasteiger partial charge in [-0.15, -0.1) is 0 Å². The smallest absolute Gasteiger partial charge is 0.138 e. The third-order valence-corrected chi connectivity index (χ3v) is 4.59. The SMILES string of the molecule is COc1ccc(F)c(SNc2ccc(-c3ccc(C=N)c(N)c3)nc2)c1. The zero-order valence-corrected chi connectivity index (χ0v) is 14.8. The van der Waals surface area contributed by atoms with E-state index >= 15 is 0 Å². The molecule has 7 heteroatoms. The standard InChI is InChI=1S/C19H17FN4OS/c1-25-15-5-6-16(20)19(9-15)26-24-14-4-7-18(23-11-14)12-2-3-13(10-21)17(22)8-12/h2-11,21,24H,22H2,1H3. The number of ether oxygens (including phenoxy) is 1. The summed E-state index contributed by atoms with van der Waals surface area (Å²) < 4.78 is 22.0. The Hall–Kier alpha value is -3.06. The zero-order valence-electron chi connectivity index (χ0n) is 14.0. The maximum absolute atomic E-state index is 13.8. The summed E-state index contributed by atoms with van der Waals surface area (Å²) in [6, 6.07) is 13.7. The average Bonchev–Trinajstić information content (AvgIpc) is 2.67. The molecule has 0 saturated carbocycles. The fraction of sp³-hybridized carbons (Fsp3) is 0.0526. The lowest BCUT2D eigenvalue weighted by atomic mass is 10.1. The number of halogens is 1. The number of nitrogens with one attached hydrogen (secondary N) is 2. The number of nitrogen functional groups attached to an aromatic ring is 1. The third-order valence-electron chi connectivity index (χ3n) is 3.72. The average molecular weight is 368 g/mol. The van der Waals surface area contributed by atoms with Crippen LogP contribution in [0.25, 0.3) is 11.3 Å². The van der Waals surface area contributed by atoms with E-state index in [0.29, 0.717) is 21.9 Å². The van der Waals surface area contributed by atoms with Crippen LogP contribution in [0.1, 0.15) is 5.56 Å². The van der Waals surface area contributed by atoms with Crippen LogP contribution in [0.15, 0.2) is 59.6 Å². The highest BCUT2D eigenvalue weighted by Gasteiger charge is 2.07. The molecule has 132 valence electrons. The van der Waals surface area contributed by atoms with E-state index in [2.05, 4.69) is 9.71 Å². The Bertz CT molecular complexity index is 931. The van der Waals surface area contributed by atoms with Gasteiger partial charge in [-0.1, -0.05) is 12.1 Å². The van der Waals surface area contributed by atoms with Crippen molar-refractivity contribution < 1.29 is 9.13 Å². The Kier molecular flexibility index (Phi) is 5.38. The van der Waals surface area contributed by atoms with E-state index in [-0.39, 0.29) is 5.82 Å². The number of rotatable bonds is 6. The molecule has 0 atom stereocenters. The summed E-state index contributed by atoms with van der Waals surface area (Å²) in [5.41, 5.74) is 9.48. The first-order valence-electron chi connectivity index (χ1n) is 7.73. The molecule has 0 bridgehead atoms. The topological polar surface area (TPSA) is 84.0 Å². The summed E-state index contributed by atoms with van der Waals surface area (Å²) in [4.78, 5) is 4.84. The van der Waals surface area contributed by atoms with Crippen LogP contribution in [0.2, 0.25) is 0 Å². The Labute approximate surface area is 155 Å². The molecule has 0 fully saturated rings. The van der Waals surface area contributed by atoms with Crippen molar-refractivity contribution in [3.05, 3.63) is 66.1 Å². The van der Waals surface area contributed by atoms with E-state index in [1.807, 2.05) is 18.2 Å². The van der Waals surface area contributed by atoms with E-state index in [4.69, 9.17) is 15.9 Å². The highest BCUT2D eigenvalue weighted by atomic mass is 32.2. The molecule has 0 radical (unpaired) electrons. The molecular weight excluding hydrogens is 351 g/mol. The van der Waals surface area contributed by atoms with Crippen molar-refractivity contribution in [1.82, 2.24) is 4.98 Å². The van der Waals surface area contributed by atoms with Crippen LogP contribution in [-0.2, 0) is 0 Å². The molecule has 1 aromatic heterocycles. The van der Waals surface area contributed by atoms with Crippen molar-refractivity contribution in [1.29, 1.82) is 5.41 Å². The molecule has 2 aromatic carbocycles. The highest BCUT2D eigenvalue weighted by Crippen LogP contribution is 2.28. The number of hydrogen-bond acceptors (Lipinski definition) is 6. The molecule has 0 saturated heterocycles. The van der Waals surface area contributed by atoms with Crippen molar-refractivity contribution in [2.75, 3.05) is 17.6 Å². The van der Waals surface area contributed by atoms with Crippen LogP contribution in [0.4, 0.5) is 15.8 Å². The van der Waals surface area contributed by atoms with Crippen LogP contribution in [0.5, 0.6) is 5.75 Å². The lowest BCUT2D eigenvalue weighted by Crippen LogP contribution is -1.95. The number of pyridine rings is 1. The predicted octanol–water partition coefficient (Wildman–Crippen LogP) is 4.60. The summed E-state index contributed by atoms with van der Waals surface area (Å²) in [5.74, 6) is 0.268. The van der Waals surface area contributed by atoms with Crippen LogP contribution in [0, 0.1) is 11.2 Å². The minimum atomic E-state index is -0.324. The molecule has 5 nitrogen and oxygen atoms in total. The zero-order chi connectivity index (χ0) is 18.5. The van der Waals surface area contributed by atoms with Crippen LogP contribution >= 0.6 is 11.9 Å². The second-order valence-electron chi connectivity index (χ2n) is 5.42. The summed E-state index contributed by atoms with van der Waals surface area (Å²) >= 11 is 1.15. The predicted molar refractivity (Wildman–Crippen MR) is 104 cm³/mol. The van der Waals surface area contributed by atoms with Gasteiger partial charge in [-0.2, -0.15) is 0 Å². The summed E-state index contributed by atoms with van der Waals surface area (Å²) in [5, 5.41) is 7.28. The van der Waals surface area contributed by atoms with E-state index in [1.165, 1.54) is 12.3 Å². The molecule has 0 amide bonds. The van der Waals surface area contributed by atoms with Crippen molar-refractivity contribution in [3.63, 3.8) is 0 Å². The summed E-state index contributed by atoms with van der Waals surface area (Å²) in [6.45, 7) is 0. The second kappa shape index (κ2) is 7.88. The molecule has 26 heavy (non-hydrogen) atoms. The van der Waals surface area contributed by atoms with Gasteiger partial charge in [0.1, 0.15) is 11.6 Å². The lowest BCUT2D eigenvalue weighted by Gasteiger charge is -2.09. The minimum absolute atomic E-state index is 0.324. The van der Waals surface area contributed by atoms with Gasteiger partial charge < -0.3 is 20.6 Å². The molecular formula is C19H17FN4OS. The Morgan fingerprint density at radius 3 is 2.69 bits per heavy atom. The molecule has 0 aliphatic rings. The molecule has 0 spiro atoms. The van der Waals surface area contributed by atoms with Crippen molar-refractivity contribution in [2.45, 2.75) is 4.90 Å². The number of nitrogens with zero attached hydrogens (tertiary/aromatic N) is 1. The molecule has 1 heterocycles. The van der Waals surface area contributed by atoms with E-state index in [0.717, 1.165) is 28.9 Å². The summed E-state index contributed by atoms with van der Waals surface area (Å²) in [6.07, 6.45) is 2.88.